The lowest BCUT2D eigenvalue weighted by Gasteiger charge is -2.34. The van der Waals surface area contributed by atoms with E-state index in [1.165, 1.54) is 37.3 Å². The fourth-order valence-corrected chi connectivity index (χ4v) is 6.39. The van der Waals surface area contributed by atoms with Crippen LogP contribution < -0.4 is 19.1 Å². The van der Waals surface area contributed by atoms with E-state index in [4.69, 9.17) is 32.7 Å². The van der Waals surface area contributed by atoms with Gasteiger partial charge in [0.05, 0.1) is 24.8 Å². The normalized spacial score (nSPS) is 12.6. The fraction of sp³-hybridized carbons (Fsp3) is 0.355. The highest BCUT2D eigenvalue weighted by Gasteiger charge is 2.35. The SMILES string of the molecule is CC[C@@H](C)NC(=O)[C@@H](CC)N(Cc1c(Cl)cccc1Cl)C(=O)CN(c1ccccc1)S(=O)(=O)c1ccc(OC)c(OC)c1. The molecule has 0 heterocycles. The summed E-state index contributed by atoms with van der Waals surface area (Å²) in [6.07, 6.45) is 0.960. The predicted octanol–water partition coefficient (Wildman–Crippen LogP) is 5.93. The van der Waals surface area contributed by atoms with Gasteiger partial charge in [0, 0.05) is 34.3 Å². The zero-order valence-corrected chi connectivity index (χ0v) is 27.2. The molecule has 1 N–H and O–H groups in total. The Morgan fingerprint density at radius 2 is 1.51 bits per heavy atom. The van der Waals surface area contributed by atoms with E-state index in [0.29, 0.717) is 27.8 Å². The molecule has 0 unspecified atom stereocenters. The number of hydrogen-bond acceptors (Lipinski definition) is 6. The van der Waals surface area contributed by atoms with E-state index in [1.807, 2.05) is 13.8 Å². The molecule has 232 valence electrons. The molecule has 3 aromatic carbocycles. The number of nitrogens with zero attached hydrogens (tertiary/aromatic N) is 2. The van der Waals surface area contributed by atoms with E-state index in [-0.39, 0.29) is 41.2 Å². The highest BCUT2D eigenvalue weighted by Crippen LogP contribution is 2.33. The van der Waals surface area contributed by atoms with Gasteiger partial charge in [-0.15, -0.1) is 0 Å². The molecule has 0 bridgehead atoms. The molecule has 0 aliphatic carbocycles. The van der Waals surface area contributed by atoms with Crippen LogP contribution in [0.3, 0.4) is 0 Å². The van der Waals surface area contributed by atoms with Crippen molar-refractivity contribution >= 4 is 50.7 Å². The van der Waals surface area contributed by atoms with Gasteiger partial charge in [-0.2, -0.15) is 0 Å². The van der Waals surface area contributed by atoms with E-state index < -0.39 is 28.5 Å². The van der Waals surface area contributed by atoms with Crippen LogP contribution in [0, 0.1) is 0 Å². The molecule has 12 heteroatoms. The number of rotatable bonds is 14. The number of carbonyl (C=O) groups is 2. The Bertz CT molecular complexity index is 1500. The maximum absolute atomic E-state index is 14.2. The van der Waals surface area contributed by atoms with Gasteiger partial charge in [-0.1, -0.05) is 61.3 Å². The quantitative estimate of drug-likeness (QED) is 0.232. The summed E-state index contributed by atoms with van der Waals surface area (Å²) in [7, 11) is -1.46. The molecule has 2 atom stereocenters. The summed E-state index contributed by atoms with van der Waals surface area (Å²) < 4.78 is 39.8. The highest BCUT2D eigenvalue weighted by atomic mass is 35.5. The van der Waals surface area contributed by atoms with Crippen molar-refractivity contribution in [1.82, 2.24) is 10.2 Å². The molecule has 0 aliphatic rings. The maximum atomic E-state index is 14.2. The largest absolute Gasteiger partial charge is 0.493 e. The number of methoxy groups -OCH3 is 2. The molecule has 0 aromatic heterocycles. The minimum Gasteiger partial charge on any atom is -0.493 e. The van der Waals surface area contributed by atoms with E-state index in [1.54, 1.807) is 55.5 Å². The van der Waals surface area contributed by atoms with Gasteiger partial charge >= 0.3 is 0 Å². The summed E-state index contributed by atoms with van der Waals surface area (Å²) >= 11 is 12.9. The van der Waals surface area contributed by atoms with E-state index in [9.17, 15) is 18.0 Å². The average molecular weight is 651 g/mol. The molecule has 2 amide bonds. The molecule has 3 rings (SSSR count). The average Bonchev–Trinajstić information content (AvgIpc) is 3.00. The van der Waals surface area contributed by atoms with Crippen molar-refractivity contribution in [3.63, 3.8) is 0 Å². The Balaban J connectivity index is 2.11. The van der Waals surface area contributed by atoms with Crippen molar-refractivity contribution in [2.45, 2.75) is 57.1 Å². The summed E-state index contributed by atoms with van der Waals surface area (Å²) in [5.41, 5.74) is 0.710. The minimum absolute atomic E-state index is 0.107. The lowest BCUT2D eigenvalue weighted by Crippen LogP contribution is -2.53. The van der Waals surface area contributed by atoms with Gasteiger partial charge in [0.15, 0.2) is 11.5 Å². The van der Waals surface area contributed by atoms with Gasteiger partial charge in [0.25, 0.3) is 10.0 Å². The van der Waals surface area contributed by atoms with Crippen LogP contribution in [0.5, 0.6) is 11.5 Å². The van der Waals surface area contributed by atoms with Crippen LogP contribution in [0.25, 0.3) is 0 Å². The Hall–Kier alpha value is -3.47. The monoisotopic (exact) mass is 649 g/mol. The summed E-state index contributed by atoms with van der Waals surface area (Å²) in [5, 5.41) is 3.58. The summed E-state index contributed by atoms with van der Waals surface area (Å²) in [6.45, 7) is 4.88. The molecule has 0 saturated heterocycles. The zero-order chi connectivity index (χ0) is 31.7. The summed E-state index contributed by atoms with van der Waals surface area (Å²) in [6, 6.07) is 16.4. The highest BCUT2D eigenvalue weighted by molar-refractivity contribution is 7.92. The van der Waals surface area contributed by atoms with Gasteiger partial charge in [-0.05, 0) is 56.2 Å². The van der Waals surface area contributed by atoms with Crippen molar-refractivity contribution in [3.05, 3.63) is 82.3 Å². The van der Waals surface area contributed by atoms with Crippen molar-refractivity contribution in [1.29, 1.82) is 0 Å². The molecule has 0 spiro atoms. The molecule has 9 nitrogen and oxygen atoms in total. The third-order valence-corrected chi connectivity index (χ3v) is 9.52. The second kappa shape index (κ2) is 15.3. The zero-order valence-electron chi connectivity index (χ0n) is 24.8. The molecule has 0 aliphatic heterocycles. The van der Waals surface area contributed by atoms with Gasteiger partial charge in [-0.3, -0.25) is 13.9 Å². The minimum atomic E-state index is -4.31. The van der Waals surface area contributed by atoms with Crippen LogP contribution in [0.15, 0.2) is 71.6 Å². The molecule has 0 radical (unpaired) electrons. The van der Waals surface area contributed by atoms with Crippen LogP contribution >= 0.6 is 23.2 Å². The van der Waals surface area contributed by atoms with Crippen LogP contribution in [0.1, 0.15) is 39.2 Å². The predicted molar refractivity (Wildman–Crippen MR) is 170 cm³/mol. The third kappa shape index (κ3) is 8.13. The number of anilines is 1. The van der Waals surface area contributed by atoms with Crippen LogP contribution in [-0.4, -0.2) is 58.0 Å². The lowest BCUT2D eigenvalue weighted by atomic mass is 10.1. The van der Waals surface area contributed by atoms with Crippen molar-refractivity contribution in [3.8, 4) is 11.5 Å². The molecule has 0 fully saturated rings. The maximum Gasteiger partial charge on any atom is 0.264 e. The first-order valence-electron chi connectivity index (χ1n) is 13.8. The molecular weight excluding hydrogens is 613 g/mol. The van der Waals surface area contributed by atoms with Crippen molar-refractivity contribution in [2.24, 2.45) is 0 Å². The number of halogens is 2. The van der Waals surface area contributed by atoms with Gasteiger partial charge in [-0.25, -0.2) is 8.42 Å². The third-order valence-electron chi connectivity index (χ3n) is 7.04. The smallest absolute Gasteiger partial charge is 0.264 e. The first kappa shape index (κ1) is 34.0. The van der Waals surface area contributed by atoms with Crippen molar-refractivity contribution < 1.29 is 27.5 Å². The van der Waals surface area contributed by atoms with Crippen LogP contribution in [-0.2, 0) is 26.2 Å². The Labute approximate surface area is 263 Å². The standard InChI is InChI=1S/C31H37Cl2N3O6S/c1-6-21(3)34-31(38)27(7-2)35(19-24-25(32)14-11-15-26(24)33)30(37)20-36(22-12-9-8-10-13-22)43(39,40)23-16-17-28(41-4)29(18-23)42-5/h8-18,21,27H,6-7,19-20H2,1-5H3,(H,34,38)/t21-,27-/m1/s1. The van der Waals surface area contributed by atoms with Crippen LogP contribution in [0.2, 0.25) is 10.0 Å². The topological polar surface area (TPSA) is 105 Å². The van der Waals surface area contributed by atoms with E-state index >= 15 is 0 Å². The second-order valence-electron chi connectivity index (χ2n) is 9.83. The first-order chi connectivity index (χ1) is 20.5. The van der Waals surface area contributed by atoms with Gasteiger partial charge in [0.2, 0.25) is 11.8 Å². The number of benzene rings is 3. The second-order valence-corrected chi connectivity index (χ2v) is 12.5. The van der Waals surface area contributed by atoms with Crippen LogP contribution in [0.4, 0.5) is 5.69 Å². The Kier molecular flexibility index (Phi) is 12.1. The number of carbonyl (C=O) groups excluding carboxylic acids is 2. The van der Waals surface area contributed by atoms with E-state index in [2.05, 4.69) is 5.32 Å². The number of hydrogen-bond donors (Lipinski definition) is 1. The first-order valence-corrected chi connectivity index (χ1v) is 16.0. The Morgan fingerprint density at radius 3 is 2.07 bits per heavy atom. The fourth-order valence-electron chi connectivity index (χ4n) is 4.44. The van der Waals surface area contributed by atoms with E-state index in [0.717, 1.165) is 4.31 Å². The number of ether oxygens (including phenoxy) is 2. The number of nitrogens with one attached hydrogen (secondary N) is 1. The Morgan fingerprint density at radius 1 is 0.884 bits per heavy atom. The number of amides is 2. The molecular formula is C31H37Cl2N3O6S. The van der Waals surface area contributed by atoms with Gasteiger partial charge in [0.1, 0.15) is 12.6 Å². The number of para-hydroxylation sites is 1. The summed E-state index contributed by atoms with van der Waals surface area (Å²) in [4.78, 5) is 28.9. The molecule has 43 heavy (non-hydrogen) atoms. The lowest BCUT2D eigenvalue weighted by molar-refractivity contribution is -0.140. The number of sulfonamides is 1. The van der Waals surface area contributed by atoms with Crippen molar-refractivity contribution in [2.75, 3.05) is 25.1 Å². The summed E-state index contributed by atoms with van der Waals surface area (Å²) in [5.74, 6) is -0.409. The molecule has 3 aromatic rings. The molecule has 0 saturated carbocycles. The van der Waals surface area contributed by atoms with Gasteiger partial charge < -0.3 is 19.7 Å².